The van der Waals surface area contributed by atoms with Gasteiger partial charge in [-0.15, -0.1) is 0 Å². The number of hydroxylamine groups is 2. The molecule has 0 radical (unpaired) electrons. The molecule has 9 nitrogen and oxygen atoms in total. The van der Waals surface area contributed by atoms with Gasteiger partial charge in [-0.3, -0.25) is 24.0 Å². The van der Waals surface area contributed by atoms with Gasteiger partial charge in [-0.2, -0.15) is 25.3 Å². The molecule has 0 aliphatic rings. The van der Waals surface area contributed by atoms with Crippen LogP contribution in [0.5, 0.6) is 0 Å². The van der Waals surface area contributed by atoms with Crippen LogP contribution in [0.1, 0.15) is 17.3 Å². The number of nitrogens with zero attached hydrogens (tertiary/aromatic N) is 1. The van der Waals surface area contributed by atoms with Gasteiger partial charge in [0.05, 0.1) is 7.11 Å². The lowest BCUT2D eigenvalue weighted by Gasteiger charge is -2.24. The lowest BCUT2D eigenvalue weighted by molar-refractivity contribution is -0.171. The highest BCUT2D eigenvalue weighted by Gasteiger charge is 2.27. The molecule has 160 valence electrons. The first-order valence-corrected chi connectivity index (χ1v) is 10.0. The first kappa shape index (κ1) is 24.8. The van der Waals surface area contributed by atoms with Gasteiger partial charge in [-0.05, 0) is 19.1 Å². The topological polar surface area (TPSA) is 117 Å². The van der Waals surface area contributed by atoms with Crippen molar-refractivity contribution in [2.75, 3.05) is 25.7 Å². The Labute approximate surface area is 180 Å². The highest BCUT2D eigenvalue weighted by molar-refractivity contribution is 7.80. The molecule has 0 aliphatic carbocycles. The Hall–Kier alpha value is -2.24. The first-order chi connectivity index (χ1) is 13.7. The summed E-state index contributed by atoms with van der Waals surface area (Å²) in [6, 6.07) is 5.59. The Morgan fingerprint density at radius 3 is 2.07 bits per heavy atom. The van der Waals surface area contributed by atoms with Gasteiger partial charge in [-0.1, -0.05) is 18.2 Å². The third-order valence-corrected chi connectivity index (χ3v) is 4.70. The number of benzene rings is 1. The summed E-state index contributed by atoms with van der Waals surface area (Å²) in [5, 5.41) is 8.55. The average molecular weight is 443 g/mol. The Bertz CT molecular complexity index is 719. The van der Waals surface area contributed by atoms with Crippen LogP contribution in [-0.2, 0) is 19.2 Å². The molecule has 29 heavy (non-hydrogen) atoms. The zero-order chi connectivity index (χ0) is 22.0. The van der Waals surface area contributed by atoms with Crippen molar-refractivity contribution in [1.29, 1.82) is 0 Å². The monoisotopic (exact) mass is 442 g/mol. The van der Waals surface area contributed by atoms with E-state index in [2.05, 4.69) is 41.2 Å². The van der Waals surface area contributed by atoms with Crippen molar-refractivity contribution >= 4 is 48.9 Å². The van der Waals surface area contributed by atoms with Gasteiger partial charge in [-0.25, -0.2) is 5.06 Å². The molecule has 11 heteroatoms. The second-order valence-electron chi connectivity index (χ2n) is 6.07. The van der Waals surface area contributed by atoms with E-state index in [9.17, 15) is 19.2 Å². The average Bonchev–Trinajstić information content (AvgIpc) is 2.74. The van der Waals surface area contributed by atoms with Crippen molar-refractivity contribution in [3.8, 4) is 0 Å². The Kier molecular flexibility index (Phi) is 10.6. The molecular weight excluding hydrogens is 416 g/mol. The maximum absolute atomic E-state index is 12.4. The number of thiol groups is 2. The molecule has 0 fully saturated rings. The molecule has 1 aromatic rings. The van der Waals surface area contributed by atoms with Gasteiger partial charge in [0.25, 0.3) is 11.8 Å². The molecule has 0 aliphatic heterocycles. The molecule has 1 rings (SSSR count). The highest BCUT2D eigenvalue weighted by atomic mass is 32.1. The van der Waals surface area contributed by atoms with Crippen LogP contribution in [-0.4, -0.2) is 72.5 Å². The van der Waals surface area contributed by atoms with Crippen LogP contribution in [0.2, 0.25) is 0 Å². The fourth-order valence-corrected chi connectivity index (χ4v) is 2.70. The van der Waals surface area contributed by atoms with Gasteiger partial charge in [0.2, 0.25) is 11.8 Å². The van der Waals surface area contributed by atoms with E-state index in [0.29, 0.717) is 5.56 Å². The lowest BCUT2D eigenvalue weighted by atomic mass is 10.2. The van der Waals surface area contributed by atoms with Gasteiger partial charge < -0.3 is 16.0 Å². The van der Waals surface area contributed by atoms with Gasteiger partial charge in [0, 0.05) is 24.1 Å². The van der Waals surface area contributed by atoms with Crippen LogP contribution in [0.15, 0.2) is 30.3 Å². The molecule has 0 bridgehead atoms. The van der Waals surface area contributed by atoms with Crippen LogP contribution >= 0.6 is 25.3 Å². The standard InChI is InChI=1S/C18H26N4O5S2/c1-11(15(23)21-14(10-29)18(26)22(2)27-3)19-17(25)13(9-28)20-16(24)12-7-5-4-6-8-12/h4-8,11,13-14,28-29H,9-10H2,1-3H3,(H,19,25)(H,20,24)(H,21,23)/t11-,13-,14-/m0/s1. The van der Waals surface area contributed by atoms with Crippen molar-refractivity contribution in [2.24, 2.45) is 0 Å². The summed E-state index contributed by atoms with van der Waals surface area (Å²) in [5.41, 5.74) is 0.398. The second kappa shape index (κ2) is 12.3. The van der Waals surface area contributed by atoms with Crippen molar-refractivity contribution in [1.82, 2.24) is 21.0 Å². The number of likely N-dealkylation sites (N-methyl/N-ethyl adjacent to an activating group) is 1. The van der Waals surface area contributed by atoms with Crippen LogP contribution < -0.4 is 16.0 Å². The fourth-order valence-electron chi connectivity index (χ4n) is 2.20. The summed E-state index contributed by atoms with van der Waals surface area (Å²) in [6.07, 6.45) is 0. The summed E-state index contributed by atoms with van der Waals surface area (Å²) >= 11 is 8.16. The summed E-state index contributed by atoms with van der Waals surface area (Å²) in [7, 11) is 2.72. The largest absolute Gasteiger partial charge is 0.343 e. The summed E-state index contributed by atoms with van der Waals surface area (Å²) in [5.74, 6) is -1.99. The third kappa shape index (κ3) is 7.59. The molecule has 0 saturated heterocycles. The van der Waals surface area contributed by atoms with E-state index in [-0.39, 0.29) is 11.5 Å². The summed E-state index contributed by atoms with van der Waals surface area (Å²) in [6.45, 7) is 1.46. The van der Waals surface area contributed by atoms with E-state index in [1.54, 1.807) is 30.3 Å². The number of nitrogens with one attached hydrogen (secondary N) is 3. The zero-order valence-corrected chi connectivity index (χ0v) is 18.2. The smallest absolute Gasteiger partial charge is 0.269 e. The number of carbonyl (C=O) groups excluding carboxylic acids is 4. The molecule has 0 unspecified atom stereocenters. The minimum absolute atomic E-state index is 0.0368. The van der Waals surface area contributed by atoms with Crippen LogP contribution in [0.3, 0.4) is 0 Å². The summed E-state index contributed by atoms with van der Waals surface area (Å²) < 4.78 is 0. The predicted octanol–water partition coefficient (Wildman–Crippen LogP) is -0.346. The quantitative estimate of drug-likeness (QED) is 0.251. The van der Waals surface area contributed by atoms with Crippen LogP contribution in [0.4, 0.5) is 0 Å². The van der Waals surface area contributed by atoms with Crippen LogP contribution in [0.25, 0.3) is 0 Å². The maximum atomic E-state index is 12.4. The number of carbonyl (C=O) groups is 4. The van der Waals surface area contributed by atoms with Crippen molar-refractivity contribution < 1.29 is 24.0 Å². The lowest BCUT2D eigenvalue weighted by Crippen LogP contribution is -2.56. The third-order valence-electron chi connectivity index (χ3n) is 3.97. The maximum Gasteiger partial charge on any atom is 0.269 e. The molecular formula is C18H26N4O5S2. The van der Waals surface area contributed by atoms with Crippen molar-refractivity contribution in [2.45, 2.75) is 25.0 Å². The summed E-state index contributed by atoms with van der Waals surface area (Å²) in [4.78, 5) is 53.9. The van der Waals surface area contributed by atoms with E-state index in [1.165, 1.54) is 21.1 Å². The molecule has 0 saturated carbocycles. The van der Waals surface area contributed by atoms with Crippen LogP contribution in [0, 0.1) is 0 Å². The van der Waals surface area contributed by atoms with E-state index in [0.717, 1.165) is 5.06 Å². The number of hydrogen-bond donors (Lipinski definition) is 5. The number of hydrogen-bond acceptors (Lipinski definition) is 7. The van der Waals surface area contributed by atoms with E-state index in [1.807, 2.05) is 0 Å². The first-order valence-electron chi connectivity index (χ1n) is 8.75. The minimum Gasteiger partial charge on any atom is -0.343 e. The molecule has 3 N–H and O–H groups in total. The molecule has 0 aromatic heterocycles. The van der Waals surface area contributed by atoms with Gasteiger partial charge in [0.1, 0.15) is 18.1 Å². The number of rotatable bonds is 10. The van der Waals surface area contributed by atoms with Gasteiger partial charge >= 0.3 is 0 Å². The minimum atomic E-state index is -0.957. The molecule has 4 amide bonds. The normalized spacial score (nSPS) is 13.6. The Balaban J connectivity index is 2.66. The molecule has 1 aromatic carbocycles. The Morgan fingerprint density at radius 1 is 0.966 bits per heavy atom. The van der Waals surface area contributed by atoms with E-state index >= 15 is 0 Å². The predicted molar refractivity (Wildman–Crippen MR) is 115 cm³/mol. The van der Waals surface area contributed by atoms with Crippen molar-refractivity contribution in [3.63, 3.8) is 0 Å². The Morgan fingerprint density at radius 2 is 1.55 bits per heavy atom. The number of amides is 4. The van der Waals surface area contributed by atoms with E-state index in [4.69, 9.17) is 4.84 Å². The van der Waals surface area contributed by atoms with Crippen molar-refractivity contribution in [3.05, 3.63) is 35.9 Å². The van der Waals surface area contributed by atoms with Gasteiger partial charge in [0.15, 0.2) is 0 Å². The SMILES string of the molecule is CON(C)C(=O)[C@H](CS)NC(=O)[C@H](C)NC(=O)[C@H](CS)NC(=O)c1ccccc1. The molecule has 3 atom stereocenters. The highest BCUT2D eigenvalue weighted by Crippen LogP contribution is 2.01. The fraction of sp³-hybridized carbons (Fsp3) is 0.444. The molecule has 0 spiro atoms. The zero-order valence-electron chi connectivity index (χ0n) is 16.4. The van der Waals surface area contributed by atoms with E-state index < -0.39 is 41.8 Å². The second-order valence-corrected chi connectivity index (χ2v) is 6.80. The molecule has 0 heterocycles.